The molecule has 2 aromatic heterocycles. The number of benzene rings is 3. The molecule has 0 saturated heterocycles. The molecule has 1 N–H and O–H groups in total. The van der Waals surface area contributed by atoms with E-state index in [1.807, 2.05) is 73.7 Å². The van der Waals surface area contributed by atoms with Crippen LogP contribution in [0.1, 0.15) is 28.1 Å². The first kappa shape index (κ1) is 19.1. The number of nitrogens with one attached hydrogen (secondary N) is 1. The Morgan fingerprint density at radius 3 is 1.94 bits per heavy atom. The van der Waals surface area contributed by atoms with Crippen LogP contribution in [-0.2, 0) is 12.8 Å². The van der Waals surface area contributed by atoms with Gasteiger partial charge in [-0.15, -0.1) is 0 Å². The fourth-order valence-electron chi connectivity index (χ4n) is 4.10. The number of aromatic nitrogens is 3. The zero-order valence-electron chi connectivity index (χ0n) is 17.4. The second-order valence-electron chi connectivity index (χ2n) is 7.80. The zero-order valence-corrected chi connectivity index (χ0v) is 17.4. The van der Waals surface area contributed by atoms with Gasteiger partial charge in [-0.3, -0.25) is 9.89 Å². The highest BCUT2D eigenvalue weighted by Crippen LogP contribution is 2.29. The van der Waals surface area contributed by atoms with Crippen molar-refractivity contribution < 1.29 is 0 Å². The Morgan fingerprint density at radius 2 is 1.32 bits per heavy atom. The highest BCUT2D eigenvalue weighted by atomic mass is 16.1. The SMILES string of the molecule is Cc1nc2c(-c3ccccc3)c(Cc3ccccc3)[nH]n2c(=O)c1Cc1ccccc1. The molecule has 0 spiro atoms. The highest BCUT2D eigenvalue weighted by Gasteiger charge is 2.19. The molecule has 2 heterocycles. The van der Waals surface area contributed by atoms with E-state index in [-0.39, 0.29) is 5.56 Å². The summed E-state index contributed by atoms with van der Waals surface area (Å²) in [4.78, 5) is 18.4. The molecule has 0 saturated carbocycles. The van der Waals surface area contributed by atoms with E-state index in [0.717, 1.165) is 33.6 Å². The third kappa shape index (κ3) is 3.68. The van der Waals surface area contributed by atoms with Crippen LogP contribution in [0.15, 0.2) is 95.8 Å². The topological polar surface area (TPSA) is 50.2 Å². The van der Waals surface area contributed by atoms with Gasteiger partial charge in [0, 0.05) is 35.4 Å². The maximum Gasteiger partial charge on any atom is 0.276 e. The van der Waals surface area contributed by atoms with Crippen LogP contribution in [0.25, 0.3) is 16.8 Å². The number of rotatable bonds is 5. The molecule has 0 amide bonds. The highest BCUT2D eigenvalue weighted by molar-refractivity contribution is 5.80. The van der Waals surface area contributed by atoms with Crippen LogP contribution < -0.4 is 5.56 Å². The maximum atomic E-state index is 13.5. The summed E-state index contributed by atoms with van der Waals surface area (Å²) < 4.78 is 1.62. The summed E-state index contributed by atoms with van der Waals surface area (Å²) in [7, 11) is 0. The van der Waals surface area contributed by atoms with Gasteiger partial charge < -0.3 is 0 Å². The Hall–Kier alpha value is -3.92. The van der Waals surface area contributed by atoms with E-state index in [0.29, 0.717) is 18.5 Å². The summed E-state index contributed by atoms with van der Waals surface area (Å²) in [5, 5.41) is 3.37. The van der Waals surface area contributed by atoms with Crippen molar-refractivity contribution >= 4 is 5.65 Å². The van der Waals surface area contributed by atoms with E-state index in [4.69, 9.17) is 4.98 Å². The number of hydrogen-bond acceptors (Lipinski definition) is 2. The molecule has 31 heavy (non-hydrogen) atoms. The first-order valence-electron chi connectivity index (χ1n) is 10.5. The number of hydrogen-bond donors (Lipinski definition) is 1. The smallest absolute Gasteiger partial charge is 0.276 e. The summed E-state index contributed by atoms with van der Waals surface area (Å²) in [6, 6.07) is 30.5. The fraction of sp³-hybridized carbons (Fsp3) is 0.111. The van der Waals surface area contributed by atoms with Crippen LogP contribution in [0.5, 0.6) is 0 Å². The van der Waals surface area contributed by atoms with E-state index in [2.05, 4.69) is 29.4 Å². The van der Waals surface area contributed by atoms with Gasteiger partial charge in [-0.1, -0.05) is 91.0 Å². The maximum absolute atomic E-state index is 13.5. The van der Waals surface area contributed by atoms with Gasteiger partial charge in [-0.05, 0) is 23.6 Å². The number of aryl methyl sites for hydroxylation is 1. The Bertz CT molecular complexity index is 1390. The second kappa shape index (κ2) is 8.07. The van der Waals surface area contributed by atoms with Crippen LogP contribution in [0.2, 0.25) is 0 Å². The monoisotopic (exact) mass is 405 g/mol. The lowest BCUT2D eigenvalue weighted by Crippen LogP contribution is -2.22. The first-order chi connectivity index (χ1) is 15.2. The van der Waals surface area contributed by atoms with Crippen molar-refractivity contribution in [3.8, 4) is 11.1 Å². The van der Waals surface area contributed by atoms with Gasteiger partial charge in [-0.2, -0.15) is 0 Å². The normalized spacial score (nSPS) is 11.1. The number of fused-ring (bicyclic) bond motifs is 1. The molecule has 0 aliphatic heterocycles. The minimum absolute atomic E-state index is 0.0390. The second-order valence-corrected chi connectivity index (χ2v) is 7.80. The predicted molar refractivity (Wildman–Crippen MR) is 124 cm³/mol. The van der Waals surface area contributed by atoms with Gasteiger partial charge in [0.25, 0.3) is 5.56 Å². The van der Waals surface area contributed by atoms with Crippen molar-refractivity contribution in [3.63, 3.8) is 0 Å². The van der Waals surface area contributed by atoms with Crippen molar-refractivity contribution in [1.82, 2.24) is 14.6 Å². The molecule has 0 bridgehead atoms. The van der Waals surface area contributed by atoms with Crippen LogP contribution >= 0.6 is 0 Å². The Balaban J connectivity index is 1.70. The molecule has 0 aliphatic carbocycles. The third-order valence-electron chi connectivity index (χ3n) is 5.67. The quantitative estimate of drug-likeness (QED) is 0.438. The summed E-state index contributed by atoms with van der Waals surface area (Å²) in [5.74, 6) is 0. The number of H-pyrrole nitrogens is 1. The molecule has 3 aromatic carbocycles. The molecule has 5 rings (SSSR count). The van der Waals surface area contributed by atoms with Crippen molar-refractivity contribution in [2.24, 2.45) is 0 Å². The lowest BCUT2D eigenvalue weighted by molar-refractivity contribution is 0.837. The van der Waals surface area contributed by atoms with Crippen LogP contribution in [0.3, 0.4) is 0 Å². The average molecular weight is 406 g/mol. The van der Waals surface area contributed by atoms with Crippen molar-refractivity contribution in [2.45, 2.75) is 19.8 Å². The molecular weight excluding hydrogens is 382 g/mol. The van der Waals surface area contributed by atoms with E-state index in [1.54, 1.807) is 4.52 Å². The third-order valence-corrected chi connectivity index (χ3v) is 5.67. The van der Waals surface area contributed by atoms with Crippen molar-refractivity contribution in [3.05, 3.63) is 129 Å². The molecular formula is C27H23N3O. The summed E-state index contributed by atoms with van der Waals surface area (Å²) >= 11 is 0. The van der Waals surface area contributed by atoms with Gasteiger partial charge in [0.15, 0.2) is 5.65 Å². The first-order valence-corrected chi connectivity index (χ1v) is 10.5. The largest absolute Gasteiger partial charge is 0.293 e. The summed E-state index contributed by atoms with van der Waals surface area (Å²) in [5.41, 5.74) is 7.43. The van der Waals surface area contributed by atoms with E-state index >= 15 is 0 Å². The fourth-order valence-corrected chi connectivity index (χ4v) is 4.10. The molecule has 5 aromatic rings. The lowest BCUT2D eigenvalue weighted by Gasteiger charge is -2.07. The van der Waals surface area contributed by atoms with Crippen molar-refractivity contribution in [1.29, 1.82) is 0 Å². The number of nitrogens with zero attached hydrogens (tertiary/aromatic N) is 2. The molecule has 4 nitrogen and oxygen atoms in total. The van der Waals surface area contributed by atoms with E-state index < -0.39 is 0 Å². The van der Waals surface area contributed by atoms with E-state index in [1.165, 1.54) is 5.56 Å². The van der Waals surface area contributed by atoms with E-state index in [9.17, 15) is 4.79 Å². The van der Waals surface area contributed by atoms with Gasteiger partial charge in [0.2, 0.25) is 0 Å². The molecule has 0 atom stereocenters. The lowest BCUT2D eigenvalue weighted by atomic mass is 10.0. The zero-order chi connectivity index (χ0) is 21.2. The van der Waals surface area contributed by atoms with Gasteiger partial charge in [-0.25, -0.2) is 9.50 Å². The minimum Gasteiger partial charge on any atom is -0.293 e. The van der Waals surface area contributed by atoms with Crippen molar-refractivity contribution in [2.75, 3.05) is 0 Å². The van der Waals surface area contributed by atoms with Crippen LogP contribution in [-0.4, -0.2) is 14.6 Å². The molecule has 4 heteroatoms. The molecule has 0 unspecified atom stereocenters. The average Bonchev–Trinajstić information content (AvgIpc) is 3.16. The standard InChI is InChI=1S/C27H23N3O/c1-19-23(17-20-11-5-2-6-12-20)27(31)30-26(28-19)25(22-15-9-4-10-16-22)24(29-30)18-21-13-7-3-8-14-21/h2-16,29H,17-18H2,1H3. The Labute approximate surface area is 180 Å². The molecule has 0 aliphatic rings. The summed E-state index contributed by atoms with van der Waals surface area (Å²) in [6.45, 7) is 1.93. The summed E-state index contributed by atoms with van der Waals surface area (Å²) in [6.07, 6.45) is 1.26. The Kier molecular flexibility index (Phi) is 4.97. The molecule has 152 valence electrons. The predicted octanol–water partition coefficient (Wildman–Crippen LogP) is 5.18. The minimum atomic E-state index is -0.0390. The van der Waals surface area contributed by atoms with Gasteiger partial charge in [0.05, 0.1) is 0 Å². The van der Waals surface area contributed by atoms with Crippen LogP contribution in [0.4, 0.5) is 0 Å². The van der Waals surface area contributed by atoms with Crippen LogP contribution in [0, 0.1) is 6.92 Å². The van der Waals surface area contributed by atoms with Gasteiger partial charge in [0.1, 0.15) is 0 Å². The molecule has 0 fully saturated rings. The number of aromatic amines is 1. The molecule has 0 radical (unpaired) electrons. The Morgan fingerprint density at radius 1 is 0.774 bits per heavy atom. The van der Waals surface area contributed by atoms with Gasteiger partial charge >= 0.3 is 0 Å².